The van der Waals surface area contributed by atoms with Gasteiger partial charge in [0.2, 0.25) is 0 Å². The Bertz CT molecular complexity index is 669. The van der Waals surface area contributed by atoms with E-state index in [9.17, 15) is 9.00 Å². The SMILES string of the molecule is C=CC/C(CCCC)=C(\CC(=C)C(=O)OC)[S@@](=O)c1ccc(C)cc1. The molecular formula is C21H28O3S. The van der Waals surface area contributed by atoms with Crippen LogP contribution in [0.5, 0.6) is 0 Å². The first-order valence-electron chi connectivity index (χ1n) is 8.50. The third-order valence-corrected chi connectivity index (χ3v) is 5.50. The minimum absolute atomic E-state index is 0.250. The first-order chi connectivity index (χ1) is 11.9. The minimum Gasteiger partial charge on any atom is -0.466 e. The van der Waals surface area contributed by atoms with Crippen LogP contribution in [-0.2, 0) is 20.3 Å². The van der Waals surface area contributed by atoms with Crippen LogP contribution < -0.4 is 0 Å². The number of esters is 1. The van der Waals surface area contributed by atoms with E-state index in [0.29, 0.717) is 12.0 Å². The summed E-state index contributed by atoms with van der Waals surface area (Å²) >= 11 is 0. The van der Waals surface area contributed by atoms with Gasteiger partial charge in [-0.05, 0) is 38.3 Å². The average molecular weight is 361 g/mol. The van der Waals surface area contributed by atoms with Gasteiger partial charge in [0.1, 0.15) is 0 Å². The molecule has 0 fully saturated rings. The van der Waals surface area contributed by atoms with Gasteiger partial charge in [0.05, 0.1) is 17.9 Å². The van der Waals surface area contributed by atoms with Crippen molar-refractivity contribution in [1.29, 1.82) is 0 Å². The second kappa shape index (κ2) is 10.8. The average Bonchev–Trinajstić information content (AvgIpc) is 2.62. The fourth-order valence-corrected chi connectivity index (χ4v) is 3.88. The summed E-state index contributed by atoms with van der Waals surface area (Å²) in [5.41, 5.74) is 2.50. The number of hydrogen-bond donors (Lipinski definition) is 0. The first kappa shape index (κ1) is 21.1. The molecular weight excluding hydrogens is 332 g/mol. The molecule has 0 heterocycles. The van der Waals surface area contributed by atoms with Crippen LogP contribution in [0.3, 0.4) is 0 Å². The molecule has 1 aromatic carbocycles. The molecule has 0 unspecified atom stereocenters. The van der Waals surface area contributed by atoms with Crippen molar-refractivity contribution in [2.24, 2.45) is 0 Å². The molecule has 0 amide bonds. The zero-order valence-corrected chi connectivity index (χ0v) is 16.3. The van der Waals surface area contributed by atoms with Gasteiger partial charge >= 0.3 is 5.97 Å². The number of rotatable bonds is 10. The number of hydrogen-bond acceptors (Lipinski definition) is 3. The maximum atomic E-state index is 13.2. The molecule has 0 N–H and O–H groups in total. The summed E-state index contributed by atoms with van der Waals surface area (Å²) in [6, 6.07) is 7.63. The van der Waals surface area contributed by atoms with E-state index in [0.717, 1.165) is 40.2 Å². The summed E-state index contributed by atoms with van der Waals surface area (Å²) in [5, 5.41) is 0. The fraction of sp³-hybridized carbons (Fsp3) is 0.381. The lowest BCUT2D eigenvalue weighted by atomic mass is 10.0. The van der Waals surface area contributed by atoms with E-state index in [1.807, 2.05) is 37.3 Å². The monoisotopic (exact) mass is 360 g/mol. The lowest BCUT2D eigenvalue weighted by Crippen LogP contribution is -2.09. The molecule has 0 spiro atoms. The van der Waals surface area contributed by atoms with Crippen LogP contribution >= 0.6 is 0 Å². The Morgan fingerprint density at radius 3 is 2.44 bits per heavy atom. The molecule has 0 aliphatic heterocycles. The Hall–Kier alpha value is -1.94. The van der Waals surface area contributed by atoms with Crippen molar-refractivity contribution in [3.8, 4) is 0 Å². The molecule has 0 aromatic heterocycles. The summed E-state index contributed by atoms with van der Waals surface area (Å²) in [6.07, 6.45) is 5.61. The zero-order chi connectivity index (χ0) is 18.8. The third-order valence-electron chi connectivity index (χ3n) is 3.92. The number of unbranched alkanes of at least 4 members (excludes halogenated alkanes) is 1. The standard InChI is InChI=1S/C21H28O3S/c1-6-8-10-18(9-7-2)20(15-17(4)21(22)24-5)25(23)19-13-11-16(3)12-14-19/h7,11-14H,2,4,6,8-10,15H2,1,3,5H3/b20-18-/t25-/m0/s1. The van der Waals surface area contributed by atoms with Gasteiger partial charge in [0.25, 0.3) is 0 Å². The number of benzene rings is 1. The maximum Gasteiger partial charge on any atom is 0.333 e. The van der Waals surface area contributed by atoms with Crippen LogP contribution in [0.1, 0.15) is 44.6 Å². The van der Waals surface area contributed by atoms with E-state index in [2.05, 4.69) is 20.1 Å². The lowest BCUT2D eigenvalue weighted by molar-refractivity contribution is -0.136. The van der Waals surface area contributed by atoms with Crippen LogP contribution in [-0.4, -0.2) is 17.3 Å². The highest BCUT2D eigenvalue weighted by atomic mass is 32.2. The van der Waals surface area contributed by atoms with Gasteiger partial charge in [-0.1, -0.05) is 49.3 Å². The number of carbonyl (C=O) groups excluding carboxylic acids is 1. The van der Waals surface area contributed by atoms with E-state index in [1.54, 1.807) is 0 Å². The highest BCUT2D eigenvalue weighted by Crippen LogP contribution is 2.29. The van der Waals surface area contributed by atoms with E-state index < -0.39 is 16.8 Å². The van der Waals surface area contributed by atoms with Crippen molar-refractivity contribution in [3.05, 3.63) is 65.1 Å². The van der Waals surface area contributed by atoms with Gasteiger partial charge in [-0.2, -0.15) is 0 Å². The highest BCUT2D eigenvalue weighted by Gasteiger charge is 2.19. The van der Waals surface area contributed by atoms with Crippen molar-refractivity contribution in [2.75, 3.05) is 7.11 Å². The molecule has 0 aliphatic carbocycles. The van der Waals surface area contributed by atoms with Crippen LogP contribution in [0.4, 0.5) is 0 Å². The normalized spacial score (nSPS) is 12.9. The van der Waals surface area contributed by atoms with Crippen LogP contribution in [0.15, 0.2) is 64.4 Å². The molecule has 1 rings (SSSR count). The fourth-order valence-electron chi connectivity index (χ4n) is 2.46. The Morgan fingerprint density at radius 2 is 1.92 bits per heavy atom. The quantitative estimate of drug-likeness (QED) is 0.325. The number of methoxy groups -OCH3 is 1. The minimum atomic E-state index is -1.34. The van der Waals surface area contributed by atoms with E-state index >= 15 is 0 Å². The largest absolute Gasteiger partial charge is 0.466 e. The van der Waals surface area contributed by atoms with E-state index in [1.165, 1.54) is 7.11 Å². The Labute approximate surface area is 153 Å². The van der Waals surface area contributed by atoms with Crippen LogP contribution in [0, 0.1) is 6.92 Å². The smallest absolute Gasteiger partial charge is 0.333 e. The molecule has 136 valence electrons. The third kappa shape index (κ3) is 6.46. The summed E-state index contributed by atoms with van der Waals surface area (Å²) < 4.78 is 18.0. The number of ether oxygens (including phenoxy) is 1. The van der Waals surface area contributed by atoms with Crippen LogP contribution in [0.2, 0.25) is 0 Å². The number of allylic oxidation sites excluding steroid dienone is 3. The molecule has 0 bridgehead atoms. The molecule has 25 heavy (non-hydrogen) atoms. The Morgan fingerprint density at radius 1 is 1.28 bits per heavy atom. The number of aryl methyl sites for hydroxylation is 1. The molecule has 1 aromatic rings. The van der Waals surface area contributed by atoms with Gasteiger partial charge in [-0.3, -0.25) is 0 Å². The van der Waals surface area contributed by atoms with Gasteiger partial charge in [0, 0.05) is 21.8 Å². The predicted molar refractivity (Wildman–Crippen MR) is 105 cm³/mol. The number of carbonyl (C=O) groups is 1. The van der Waals surface area contributed by atoms with Crippen molar-refractivity contribution >= 4 is 16.8 Å². The van der Waals surface area contributed by atoms with Gasteiger partial charge in [-0.25, -0.2) is 9.00 Å². The van der Waals surface area contributed by atoms with Crippen molar-refractivity contribution in [3.63, 3.8) is 0 Å². The van der Waals surface area contributed by atoms with Crippen molar-refractivity contribution in [1.82, 2.24) is 0 Å². The summed E-state index contributed by atoms with van der Waals surface area (Å²) in [4.78, 5) is 13.3. The molecule has 1 atom stereocenters. The molecule has 0 saturated heterocycles. The topological polar surface area (TPSA) is 43.4 Å². The van der Waals surface area contributed by atoms with Gasteiger partial charge < -0.3 is 4.74 Å². The molecule has 0 aliphatic rings. The van der Waals surface area contributed by atoms with E-state index in [-0.39, 0.29) is 6.42 Å². The summed E-state index contributed by atoms with van der Waals surface area (Å²) in [6.45, 7) is 11.7. The molecule has 0 radical (unpaired) electrons. The van der Waals surface area contributed by atoms with E-state index in [4.69, 9.17) is 4.74 Å². The second-order valence-corrected chi connectivity index (χ2v) is 7.48. The van der Waals surface area contributed by atoms with Gasteiger partial charge in [-0.15, -0.1) is 6.58 Å². The highest BCUT2D eigenvalue weighted by molar-refractivity contribution is 7.89. The van der Waals surface area contributed by atoms with Crippen molar-refractivity contribution in [2.45, 2.75) is 50.8 Å². The Kier molecular flexibility index (Phi) is 9.14. The Balaban J connectivity index is 3.30. The zero-order valence-electron chi connectivity index (χ0n) is 15.5. The molecule has 4 heteroatoms. The van der Waals surface area contributed by atoms with Gasteiger partial charge in [0.15, 0.2) is 0 Å². The lowest BCUT2D eigenvalue weighted by Gasteiger charge is -2.15. The second-order valence-electron chi connectivity index (χ2n) is 5.98. The summed E-state index contributed by atoms with van der Waals surface area (Å²) in [7, 11) is -0.0114. The van der Waals surface area contributed by atoms with Crippen molar-refractivity contribution < 1.29 is 13.7 Å². The molecule has 0 saturated carbocycles. The predicted octanol–water partition coefficient (Wildman–Crippen LogP) is 5.24. The summed E-state index contributed by atoms with van der Waals surface area (Å²) in [5.74, 6) is -0.466. The first-order valence-corrected chi connectivity index (χ1v) is 9.65. The maximum absolute atomic E-state index is 13.2. The van der Waals surface area contributed by atoms with Crippen LogP contribution in [0.25, 0.3) is 0 Å². The molecule has 3 nitrogen and oxygen atoms in total.